The highest BCUT2D eigenvalue weighted by Gasteiger charge is 2.26. The van der Waals surface area contributed by atoms with Gasteiger partial charge >= 0.3 is 6.03 Å². The summed E-state index contributed by atoms with van der Waals surface area (Å²) in [4.78, 5) is 18.5. The van der Waals surface area contributed by atoms with Gasteiger partial charge in [0.1, 0.15) is 5.82 Å². The summed E-state index contributed by atoms with van der Waals surface area (Å²) >= 11 is 0. The number of amides is 2. The molecule has 0 saturated heterocycles. The van der Waals surface area contributed by atoms with Crippen molar-refractivity contribution in [1.29, 1.82) is 0 Å². The van der Waals surface area contributed by atoms with E-state index in [1.165, 1.54) is 0 Å². The van der Waals surface area contributed by atoms with Crippen LogP contribution in [0, 0.1) is 0 Å². The first-order valence-electron chi connectivity index (χ1n) is 8.88. The van der Waals surface area contributed by atoms with Crippen LogP contribution in [-0.4, -0.2) is 24.3 Å². The number of hydrogen-bond acceptors (Lipinski definition) is 4. The van der Waals surface area contributed by atoms with Gasteiger partial charge in [-0.2, -0.15) is 8.42 Å². The Bertz CT molecular complexity index is 1150. The molecule has 148 valence electrons. The summed E-state index contributed by atoms with van der Waals surface area (Å²) in [6.07, 6.45) is 1.64. The highest BCUT2D eigenvalue weighted by atomic mass is 32.2. The van der Waals surface area contributed by atoms with Crippen LogP contribution in [0.2, 0.25) is 0 Å². The number of carbonyl (C=O) groups is 1. The summed E-state index contributed by atoms with van der Waals surface area (Å²) in [5.41, 5.74) is 4.10. The van der Waals surface area contributed by atoms with Gasteiger partial charge in [-0.3, -0.25) is 10.0 Å². The molecule has 0 spiro atoms. The molecular weight excluding hydrogens is 390 g/mol. The lowest BCUT2D eigenvalue weighted by Crippen LogP contribution is -2.38. The van der Waals surface area contributed by atoms with Gasteiger partial charge in [0.2, 0.25) is 0 Å². The predicted octanol–water partition coefficient (Wildman–Crippen LogP) is 2.91. The third kappa shape index (κ3) is 4.36. The summed E-state index contributed by atoms with van der Waals surface area (Å²) < 4.78 is 24.6. The number of fused-ring (bicyclic) bond motifs is 1. The minimum atomic E-state index is -3.83. The van der Waals surface area contributed by atoms with E-state index in [4.69, 9.17) is 5.14 Å². The van der Waals surface area contributed by atoms with E-state index in [2.05, 4.69) is 15.0 Å². The molecule has 0 unspecified atom stereocenters. The molecule has 8 nitrogen and oxygen atoms in total. The van der Waals surface area contributed by atoms with Gasteiger partial charge in [0.25, 0.3) is 10.2 Å². The molecule has 1 aromatic heterocycles. The van der Waals surface area contributed by atoms with Crippen LogP contribution in [0.1, 0.15) is 11.1 Å². The largest absolute Gasteiger partial charge is 0.323 e. The number of nitrogens with one attached hydrogen (secondary N) is 2. The molecule has 0 atom stereocenters. The number of pyridine rings is 1. The Morgan fingerprint density at radius 2 is 1.79 bits per heavy atom. The van der Waals surface area contributed by atoms with E-state index in [9.17, 15) is 13.2 Å². The third-order valence-electron chi connectivity index (χ3n) is 4.59. The van der Waals surface area contributed by atoms with Gasteiger partial charge in [0, 0.05) is 24.0 Å². The Morgan fingerprint density at radius 3 is 2.48 bits per heavy atom. The van der Waals surface area contributed by atoms with Crippen molar-refractivity contribution in [3.05, 3.63) is 78.0 Å². The summed E-state index contributed by atoms with van der Waals surface area (Å²) in [5.74, 6) is 0.531. The second-order valence-corrected chi connectivity index (χ2v) is 7.98. The average molecular weight is 409 g/mol. The first-order valence-corrected chi connectivity index (χ1v) is 10.4. The molecule has 0 radical (unpaired) electrons. The first-order chi connectivity index (χ1) is 13.9. The molecule has 0 fully saturated rings. The van der Waals surface area contributed by atoms with Crippen LogP contribution in [0.5, 0.6) is 0 Å². The van der Waals surface area contributed by atoms with Gasteiger partial charge < -0.3 is 4.90 Å². The average Bonchev–Trinajstić information content (AvgIpc) is 2.68. The number of carbonyl (C=O) groups excluding carboxylic acids is 1. The van der Waals surface area contributed by atoms with Crippen LogP contribution in [0.3, 0.4) is 0 Å². The first kappa shape index (κ1) is 18.9. The lowest BCUT2D eigenvalue weighted by molar-refractivity contribution is 0.203. The van der Waals surface area contributed by atoms with Crippen LogP contribution in [0.25, 0.3) is 11.1 Å². The van der Waals surface area contributed by atoms with Crippen LogP contribution in [0.4, 0.5) is 16.3 Å². The van der Waals surface area contributed by atoms with Crippen LogP contribution in [-0.2, 0) is 23.3 Å². The van der Waals surface area contributed by atoms with Crippen LogP contribution < -0.4 is 15.2 Å². The van der Waals surface area contributed by atoms with Gasteiger partial charge in [0.15, 0.2) is 0 Å². The minimum absolute atomic E-state index is 0.196. The van der Waals surface area contributed by atoms with Crippen molar-refractivity contribution in [2.45, 2.75) is 13.1 Å². The zero-order chi connectivity index (χ0) is 20.4. The Balaban J connectivity index is 1.63. The second-order valence-electron chi connectivity index (χ2n) is 6.68. The van der Waals surface area contributed by atoms with Crippen LogP contribution in [0.15, 0.2) is 66.9 Å². The molecule has 1 aliphatic rings. The Labute approximate surface area is 168 Å². The monoisotopic (exact) mass is 409 g/mol. The number of hydrogen-bond donors (Lipinski definition) is 3. The van der Waals surface area contributed by atoms with E-state index < -0.39 is 10.2 Å². The number of rotatable bonds is 5. The number of aromatic nitrogens is 1. The number of nitrogens with two attached hydrogens (primary N) is 1. The van der Waals surface area contributed by atoms with E-state index in [1.54, 1.807) is 35.4 Å². The zero-order valence-corrected chi connectivity index (χ0v) is 16.2. The lowest BCUT2D eigenvalue weighted by atomic mass is 9.99. The van der Waals surface area contributed by atoms with Gasteiger partial charge in [-0.15, -0.1) is 0 Å². The molecular formula is C20H19N5O3S. The van der Waals surface area contributed by atoms with E-state index >= 15 is 0 Å². The van der Waals surface area contributed by atoms with Gasteiger partial charge in [-0.05, 0) is 34.9 Å². The van der Waals surface area contributed by atoms with Crippen molar-refractivity contribution >= 4 is 27.7 Å². The molecule has 2 heterocycles. The van der Waals surface area contributed by atoms with Crippen molar-refractivity contribution in [2.75, 3.05) is 10.0 Å². The smallest absolute Gasteiger partial charge is 0.316 e. The predicted molar refractivity (Wildman–Crippen MR) is 111 cm³/mol. The van der Waals surface area contributed by atoms with Gasteiger partial charge in [-0.25, -0.2) is 14.9 Å². The van der Waals surface area contributed by atoms with E-state index in [1.807, 2.05) is 36.4 Å². The molecule has 29 heavy (non-hydrogen) atoms. The second kappa shape index (κ2) is 7.53. The maximum absolute atomic E-state index is 12.5. The molecule has 9 heteroatoms. The van der Waals surface area contributed by atoms with E-state index in [0.29, 0.717) is 24.6 Å². The number of benzene rings is 2. The van der Waals surface area contributed by atoms with Gasteiger partial charge in [-0.1, -0.05) is 42.5 Å². The third-order valence-corrected chi connectivity index (χ3v) is 5.11. The van der Waals surface area contributed by atoms with Crippen molar-refractivity contribution in [3.63, 3.8) is 0 Å². The number of anilines is 2. The fourth-order valence-corrected chi connectivity index (χ4v) is 3.75. The summed E-state index contributed by atoms with van der Waals surface area (Å²) in [5, 5.41) is 7.86. The number of nitrogens with zero attached hydrogens (tertiary/aromatic N) is 2. The Kier molecular flexibility index (Phi) is 4.91. The van der Waals surface area contributed by atoms with Crippen molar-refractivity contribution in [3.8, 4) is 11.1 Å². The summed E-state index contributed by atoms with van der Waals surface area (Å²) in [7, 11) is -3.83. The number of urea groups is 1. The highest BCUT2D eigenvalue weighted by Crippen LogP contribution is 2.32. The quantitative estimate of drug-likeness (QED) is 0.600. The molecule has 2 aromatic carbocycles. The maximum Gasteiger partial charge on any atom is 0.323 e. The zero-order valence-electron chi connectivity index (χ0n) is 15.4. The minimum Gasteiger partial charge on any atom is -0.316 e. The normalized spacial score (nSPS) is 13.6. The molecule has 2 amide bonds. The fourth-order valence-electron chi connectivity index (χ4n) is 3.29. The summed E-state index contributed by atoms with van der Waals surface area (Å²) in [6.45, 7) is 0.897. The molecule has 4 N–H and O–H groups in total. The molecule has 4 rings (SSSR count). The SMILES string of the molecule is NS(=O)(=O)Nc1ccc(-c2ccnc3c2CN(Cc2ccccc2)C(=O)N3)cc1. The molecule has 0 saturated carbocycles. The molecule has 3 aromatic rings. The lowest BCUT2D eigenvalue weighted by Gasteiger charge is -2.30. The van der Waals surface area contributed by atoms with Crippen molar-refractivity contribution < 1.29 is 13.2 Å². The van der Waals surface area contributed by atoms with Crippen molar-refractivity contribution in [1.82, 2.24) is 9.88 Å². The Hall–Kier alpha value is -3.43. The Morgan fingerprint density at radius 1 is 1.07 bits per heavy atom. The van der Waals surface area contributed by atoms with Crippen LogP contribution >= 0.6 is 0 Å². The maximum atomic E-state index is 12.5. The molecule has 0 aliphatic carbocycles. The van der Waals surface area contributed by atoms with Gasteiger partial charge in [0.05, 0.1) is 6.54 Å². The van der Waals surface area contributed by atoms with E-state index in [0.717, 1.165) is 22.3 Å². The standard InChI is InChI=1S/C20H19N5O3S/c21-29(27,28)24-16-8-6-15(7-9-16)17-10-11-22-19-18(17)13-25(20(26)23-19)12-14-4-2-1-3-5-14/h1-11,24H,12-13H2,(H2,21,27,28)(H,22,23,26). The topological polar surface area (TPSA) is 117 Å². The summed E-state index contributed by atoms with van der Waals surface area (Å²) in [6, 6.07) is 18.3. The van der Waals surface area contributed by atoms with Crippen molar-refractivity contribution in [2.24, 2.45) is 5.14 Å². The highest BCUT2D eigenvalue weighted by molar-refractivity contribution is 7.90. The molecule has 0 bridgehead atoms. The fraction of sp³-hybridized carbons (Fsp3) is 0.100. The molecule has 1 aliphatic heterocycles. The van der Waals surface area contributed by atoms with E-state index in [-0.39, 0.29) is 6.03 Å².